The standard InChI is InChI=1S/C16H16ClNO6S/c1-4-24-11-6-9(5-10(17)14(11)23-3)7-12-15(20)18(16(21)25-12)8-13(19)22-2/h5-7H,4,8H2,1-3H3/b12-7-. The van der Waals surface area contributed by atoms with Gasteiger partial charge < -0.3 is 14.2 Å². The van der Waals surface area contributed by atoms with E-state index < -0.39 is 23.7 Å². The Morgan fingerprint density at radius 3 is 2.64 bits per heavy atom. The van der Waals surface area contributed by atoms with Gasteiger partial charge in [-0.2, -0.15) is 0 Å². The Kier molecular flexibility index (Phi) is 6.33. The number of methoxy groups -OCH3 is 2. The van der Waals surface area contributed by atoms with E-state index in [1.54, 1.807) is 12.1 Å². The van der Waals surface area contributed by atoms with E-state index in [1.165, 1.54) is 20.3 Å². The molecule has 0 spiro atoms. The quantitative estimate of drug-likeness (QED) is 0.550. The van der Waals surface area contributed by atoms with Crippen molar-refractivity contribution in [3.8, 4) is 11.5 Å². The molecule has 1 heterocycles. The number of nitrogens with zero attached hydrogens (tertiary/aromatic N) is 1. The van der Waals surface area contributed by atoms with Gasteiger partial charge in [-0.3, -0.25) is 19.3 Å². The van der Waals surface area contributed by atoms with Crippen LogP contribution in [-0.2, 0) is 14.3 Å². The smallest absolute Gasteiger partial charge is 0.325 e. The Morgan fingerprint density at radius 1 is 1.32 bits per heavy atom. The minimum atomic E-state index is -0.672. The average Bonchev–Trinajstić information content (AvgIpc) is 2.82. The summed E-state index contributed by atoms with van der Waals surface area (Å²) < 4.78 is 15.2. The highest BCUT2D eigenvalue weighted by Crippen LogP contribution is 2.38. The maximum atomic E-state index is 12.3. The first-order chi connectivity index (χ1) is 11.9. The second-order valence-corrected chi connectivity index (χ2v) is 6.21. The minimum Gasteiger partial charge on any atom is -0.491 e. The Morgan fingerprint density at radius 2 is 2.04 bits per heavy atom. The van der Waals surface area contributed by atoms with E-state index in [2.05, 4.69) is 4.74 Å². The highest BCUT2D eigenvalue weighted by molar-refractivity contribution is 8.18. The number of thioether (sulfide) groups is 1. The molecule has 0 N–H and O–H groups in total. The molecule has 2 amide bonds. The van der Waals surface area contributed by atoms with Gasteiger partial charge in [0.15, 0.2) is 11.5 Å². The molecule has 1 aromatic carbocycles. The van der Waals surface area contributed by atoms with Crippen LogP contribution in [0.15, 0.2) is 17.0 Å². The molecule has 0 saturated carbocycles. The summed E-state index contributed by atoms with van der Waals surface area (Å²) in [4.78, 5) is 36.6. The lowest BCUT2D eigenvalue weighted by Crippen LogP contribution is -2.34. The number of carbonyl (C=O) groups is 3. The highest BCUT2D eigenvalue weighted by Gasteiger charge is 2.36. The van der Waals surface area contributed by atoms with Crippen LogP contribution in [0.5, 0.6) is 11.5 Å². The Bertz CT molecular complexity index is 748. The lowest BCUT2D eigenvalue weighted by Gasteiger charge is -2.12. The number of benzene rings is 1. The maximum Gasteiger partial charge on any atom is 0.325 e. The first kappa shape index (κ1) is 19.1. The monoisotopic (exact) mass is 385 g/mol. The summed E-state index contributed by atoms with van der Waals surface area (Å²) in [5.41, 5.74) is 0.567. The molecule has 2 rings (SSSR count). The number of esters is 1. The minimum absolute atomic E-state index is 0.178. The van der Waals surface area contributed by atoms with Gasteiger partial charge in [-0.25, -0.2) is 0 Å². The van der Waals surface area contributed by atoms with Crippen molar-refractivity contribution >= 4 is 46.6 Å². The van der Waals surface area contributed by atoms with Crippen LogP contribution in [0.2, 0.25) is 5.02 Å². The topological polar surface area (TPSA) is 82.1 Å². The third kappa shape index (κ3) is 4.26. The first-order valence-corrected chi connectivity index (χ1v) is 8.43. The third-order valence-electron chi connectivity index (χ3n) is 3.22. The molecular weight excluding hydrogens is 370 g/mol. The zero-order valence-electron chi connectivity index (χ0n) is 13.8. The van der Waals surface area contributed by atoms with Crippen molar-refractivity contribution in [1.82, 2.24) is 4.90 Å². The van der Waals surface area contributed by atoms with E-state index in [0.29, 0.717) is 28.7 Å². The zero-order valence-corrected chi connectivity index (χ0v) is 15.4. The molecule has 1 fully saturated rings. The third-order valence-corrected chi connectivity index (χ3v) is 4.41. The summed E-state index contributed by atoms with van der Waals surface area (Å²) in [6.07, 6.45) is 1.51. The van der Waals surface area contributed by atoms with Crippen LogP contribution in [-0.4, -0.2) is 49.4 Å². The fourth-order valence-corrected chi connectivity index (χ4v) is 3.25. The molecule has 25 heavy (non-hydrogen) atoms. The summed E-state index contributed by atoms with van der Waals surface area (Å²) in [7, 11) is 2.66. The molecule has 1 saturated heterocycles. The van der Waals surface area contributed by atoms with Gasteiger partial charge in [-0.15, -0.1) is 0 Å². The van der Waals surface area contributed by atoms with Gasteiger partial charge in [0.2, 0.25) is 0 Å². The molecule has 0 bridgehead atoms. The van der Waals surface area contributed by atoms with Gasteiger partial charge in [0.05, 0.1) is 30.8 Å². The molecule has 0 aromatic heterocycles. The SMILES string of the molecule is CCOc1cc(/C=C2\SC(=O)N(CC(=O)OC)C2=O)cc(Cl)c1OC. The molecule has 0 atom stereocenters. The molecule has 1 aromatic rings. The summed E-state index contributed by atoms with van der Waals surface area (Å²) >= 11 is 6.91. The van der Waals surface area contributed by atoms with E-state index in [-0.39, 0.29) is 4.91 Å². The summed E-state index contributed by atoms with van der Waals surface area (Å²) in [6.45, 7) is 1.80. The second kappa shape index (κ2) is 8.26. The predicted octanol–water partition coefficient (Wildman–Crippen LogP) is 2.96. The molecule has 0 unspecified atom stereocenters. The van der Waals surface area contributed by atoms with Crippen molar-refractivity contribution in [2.75, 3.05) is 27.4 Å². The van der Waals surface area contributed by atoms with E-state index in [0.717, 1.165) is 16.7 Å². The van der Waals surface area contributed by atoms with Crippen molar-refractivity contribution in [3.63, 3.8) is 0 Å². The number of amides is 2. The fourth-order valence-electron chi connectivity index (χ4n) is 2.11. The van der Waals surface area contributed by atoms with E-state index in [9.17, 15) is 14.4 Å². The van der Waals surface area contributed by atoms with Crippen LogP contribution < -0.4 is 9.47 Å². The number of imide groups is 1. The molecule has 9 heteroatoms. The van der Waals surface area contributed by atoms with Gasteiger partial charge >= 0.3 is 5.97 Å². The molecule has 134 valence electrons. The van der Waals surface area contributed by atoms with Gasteiger partial charge in [-0.1, -0.05) is 11.6 Å². The molecule has 1 aliphatic rings. The van der Waals surface area contributed by atoms with Crippen LogP contribution in [0.25, 0.3) is 6.08 Å². The van der Waals surface area contributed by atoms with Gasteiger partial charge in [0.25, 0.3) is 11.1 Å². The Labute approximate surface area is 153 Å². The summed E-state index contributed by atoms with van der Waals surface area (Å²) in [6, 6.07) is 3.25. The lowest BCUT2D eigenvalue weighted by atomic mass is 10.1. The van der Waals surface area contributed by atoms with E-state index in [4.69, 9.17) is 21.1 Å². The van der Waals surface area contributed by atoms with Crippen molar-refractivity contribution in [3.05, 3.63) is 27.6 Å². The van der Waals surface area contributed by atoms with Crippen LogP contribution in [0.3, 0.4) is 0 Å². The van der Waals surface area contributed by atoms with Crippen molar-refractivity contribution in [2.24, 2.45) is 0 Å². The zero-order chi connectivity index (χ0) is 18.6. The molecule has 1 aliphatic heterocycles. The van der Waals surface area contributed by atoms with Crippen LogP contribution in [0, 0.1) is 0 Å². The van der Waals surface area contributed by atoms with Crippen molar-refractivity contribution in [2.45, 2.75) is 6.92 Å². The first-order valence-electron chi connectivity index (χ1n) is 7.23. The molecule has 0 radical (unpaired) electrons. The predicted molar refractivity (Wildman–Crippen MR) is 93.9 cm³/mol. The normalized spacial score (nSPS) is 15.7. The van der Waals surface area contributed by atoms with Crippen LogP contribution in [0.1, 0.15) is 12.5 Å². The number of hydrogen-bond donors (Lipinski definition) is 0. The molecule has 7 nitrogen and oxygen atoms in total. The molecular formula is C16H16ClNO6S. The number of rotatable bonds is 6. The number of carbonyl (C=O) groups excluding carboxylic acids is 3. The van der Waals surface area contributed by atoms with Gasteiger partial charge in [0.1, 0.15) is 6.54 Å². The van der Waals surface area contributed by atoms with Gasteiger partial charge in [-0.05, 0) is 42.5 Å². The summed E-state index contributed by atoms with van der Waals surface area (Å²) in [5, 5.41) is -0.222. The van der Waals surface area contributed by atoms with Crippen LogP contribution >= 0.6 is 23.4 Å². The maximum absolute atomic E-state index is 12.3. The largest absolute Gasteiger partial charge is 0.491 e. The fraction of sp³-hybridized carbons (Fsp3) is 0.312. The van der Waals surface area contributed by atoms with Gasteiger partial charge in [0, 0.05) is 0 Å². The lowest BCUT2D eigenvalue weighted by molar-refractivity contribution is -0.143. The summed E-state index contributed by atoms with van der Waals surface area (Å²) in [5.74, 6) is -0.419. The number of ether oxygens (including phenoxy) is 3. The molecule has 0 aliphatic carbocycles. The average molecular weight is 386 g/mol. The van der Waals surface area contributed by atoms with Crippen molar-refractivity contribution < 1.29 is 28.6 Å². The number of hydrogen-bond acceptors (Lipinski definition) is 7. The second-order valence-electron chi connectivity index (χ2n) is 4.81. The Hall–Kier alpha value is -2.19. The van der Waals surface area contributed by atoms with E-state index >= 15 is 0 Å². The number of halogens is 1. The van der Waals surface area contributed by atoms with Crippen molar-refractivity contribution in [1.29, 1.82) is 0 Å². The van der Waals surface area contributed by atoms with E-state index in [1.807, 2.05) is 6.92 Å². The Balaban J connectivity index is 2.33. The van der Waals surface area contributed by atoms with Crippen LogP contribution in [0.4, 0.5) is 4.79 Å². The highest BCUT2D eigenvalue weighted by atomic mass is 35.5.